The van der Waals surface area contributed by atoms with E-state index in [9.17, 15) is 9.59 Å². The Labute approximate surface area is 138 Å². The summed E-state index contributed by atoms with van der Waals surface area (Å²) in [6.07, 6.45) is 8.28. The highest BCUT2D eigenvalue weighted by atomic mass is 16.2. The summed E-state index contributed by atoms with van der Waals surface area (Å²) in [6.45, 7) is 3.44. The maximum atomic E-state index is 13.1. The number of aryl methyl sites for hydroxylation is 1. The van der Waals surface area contributed by atoms with Crippen LogP contribution in [0.2, 0.25) is 0 Å². The zero-order chi connectivity index (χ0) is 16.4. The van der Waals surface area contributed by atoms with Gasteiger partial charge in [0.25, 0.3) is 5.91 Å². The first-order chi connectivity index (χ1) is 11.1. The summed E-state index contributed by atoms with van der Waals surface area (Å²) in [7, 11) is 0. The fraction of sp³-hybridized carbons (Fsp3) is 0.579. The number of nitrogens with zero attached hydrogens (tertiary/aromatic N) is 1. The van der Waals surface area contributed by atoms with Crippen LogP contribution < -0.4 is 5.32 Å². The molecule has 2 aliphatic rings. The number of anilines is 1. The molecule has 0 radical (unpaired) electrons. The third kappa shape index (κ3) is 3.74. The van der Waals surface area contributed by atoms with Gasteiger partial charge in [-0.05, 0) is 50.3 Å². The molecule has 0 atom stereocenters. The number of rotatable bonds is 4. The van der Waals surface area contributed by atoms with Crippen LogP contribution >= 0.6 is 0 Å². The van der Waals surface area contributed by atoms with Crippen molar-refractivity contribution in [1.29, 1.82) is 0 Å². The van der Waals surface area contributed by atoms with Gasteiger partial charge in [0.15, 0.2) is 0 Å². The molecular formula is C19H26N2O2. The van der Waals surface area contributed by atoms with Crippen LogP contribution in [-0.4, -0.2) is 28.8 Å². The third-order valence-electron chi connectivity index (χ3n) is 4.94. The Hall–Kier alpha value is -1.84. The average Bonchev–Trinajstić information content (AvgIpc) is 3.35. The van der Waals surface area contributed by atoms with Gasteiger partial charge >= 0.3 is 0 Å². The van der Waals surface area contributed by atoms with Gasteiger partial charge in [-0.3, -0.25) is 9.59 Å². The van der Waals surface area contributed by atoms with Crippen molar-refractivity contribution < 1.29 is 9.59 Å². The molecular weight excluding hydrogens is 288 g/mol. The van der Waals surface area contributed by atoms with E-state index in [1.54, 1.807) is 0 Å². The van der Waals surface area contributed by atoms with Gasteiger partial charge in [-0.25, -0.2) is 0 Å². The van der Waals surface area contributed by atoms with E-state index < -0.39 is 0 Å². The Bertz CT molecular complexity index is 601. The number of benzene rings is 1. The quantitative estimate of drug-likeness (QED) is 0.916. The first kappa shape index (κ1) is 16.0. The van der Waals surface area contributed by atoms with E-state index in [0.717, 1.165) is 36.9 Å². The second-order valence-corrected chi connectivity index (χ2v) is 6.95. The molecule has 0 aliphatic heterocycles. The van der Waals surface area contributed by atoms with Crippen LogP contribution in [0.1, 0.15) is 67.8 Å². The fourth-order valence-corrected chi connectivity index (χ4v) is 3.57. The summed E-state index contributed by atoms with van der Waals surface area (Å²) in [5, 5.41) is 2.82. The lowest BCUT2D eigenvalue weighted by Gasteiger charge is -2.35. The molecule has 0 aromatic heterocycles. The van der Waals surface area contributed by atoms with E-state index in [4.69, 9.17) is 0 Å². The Balaban J connectivity index is 1.83. The van der Waals surface area contributed by atoms with Crippen LogP contribution in [0, 0.1) is 6.92 Å². The van der Waals surface area contributed by atoms with Crippen LogP contribution in [0.5, 0.6) is 0 Å². The summed E-state index contributed by atoms with van der Waals surface area (Å²) >= 11 is 0. The Morgan fingerprint density at radius 3 is 2.30 bits per heavy atom. The van der Waals surface area contributed by atoms with Gasteiger partial charge < -0.3 is 10.2 Å². The molecule has 4 nitrogen and oxygen atoms in total. The normalized spacial score (nSPS) is 18.5. The lowest BCUT2D eigenvalue weighted by Crippen LogP contribution is -2.43. The number of carbonyl (C=O) groups is 2. The van der Waals surface area contributed by atoms with E-state index >= 15 is 0 Å². The van der Waals surface area contributed by atoms with E-state index in [2.05, 4.69) is 10.2 Å². The maximum Gasteiger partial charge on any atom is 0.254 e. The van der Waals surface area contributed by atoms with Crippen molar-refractivity contribution in [3.63, 3.8) is 0 Å². The third-order valence-corrected chi connectivity index (χ3v) is 4.94. The molecule has 1 N–H and O–H groups in total. The standard InChI is InChI=1S/C19H26N2O2/c1-13-8-9-15(12-18(13)20-14(2)22)19(23)21(17-10-11-17)16-6-4-3-5-7-16/h8-9,12,16-17H,3-7,10-11H2,1-2H3,(H,20,22). The minimum atomic E-state index is -0.107. The van der Waals surface area contributed by atoms with Crippen molar-refractivity contribution in [1.82, 2.24) is 4.90 Å². The summed E-state index contributed by atoms with van der Waals surface area (Å²) in [5.74, 6) is 0.0232. The summed E-state index contributed by atoms with van der Waals surface area (Å²) in [5.41, 5.74) is 2.41. The van der Waals surface area contributed by atoms with Crippen molar-refractivity contribution in [2.24, 2.45) is 0 Å². The molecule has 1 aromatic rings. The summed E-state index contributed by atoms with van der Waals surface area (Å²) < 4.78 is 0. The number of hydrogen-bond donors (Lipinski definition) is 1. The van der Waals surface area contributed by atoms with Gasteiger partial charge in [0.05, 0.1) is 0 Å². The first-order valence-corrected chi connectivity index (χ1v) is 8.77. The van der Waals surface area contributed by atoms with Crippen LogP contribution in [-0.2, 0) is 4.79 Å². The minimum absolute atomic E-state index is 0.107. The SMILES string of the molecule is CC(=O)Nc1cc(C(=O)N(C2CCCCC2)C2CC2)ccc1C. The Morgan fingerprint density at radius 2 is 1.70 bits per heavy atom. The lowest BCUT2D eigenvalue weighted by atomic mass is 9.93. The Morgan fingerprint density at radius 1 is 1.04 bits per heavy atom. The van der Waals surface area contributed by atoms with Gasteiger partial charge in [0, 0.05) is 30.3 Å². The molecule has 2 aliphatic carbocycles. The molecule has 0 heterocycles. The number of hydrogen-bond acceptors (Lipinski definition) is 2. The number of amides is 2. The van der Waals surface area contributed by atoms with Crippen molar-refractivity contribution in [2.45, 2.75) is 70.9 Å². The molecule has 0 saturated heterocycles. The molecule has 23 heavy (non-hydrogen) atoms. The lowest BCUT2D eigenvalue weighted by molar-refractivity contribution is -0.114. The van der Waals surface area contributed by atoms with Crippen LogP contribution in [0.4, 0.5) is 5.69 Å². The zero-order valence-electron chi connectivity index (χ0n) is 14.1. The van der Waals surface area contributed by atoms with Gasteiger partial charge in [0.2, 0.25) is 5.91 Å². The van der Waals surface area contributed by atoms with Gasteiger partial charge in [0.1, 0.15) is 0 Å². The zero-order valence-corrected chi connectivity index (χ0v) is 14.1. The summed E-state index contributed by atoms with van der Waals surface area (Å²) in [6, 6.07) is 6.47. The van der Waals surface area contributed by atoms with E-state index in [1.165, 1.54) is 26.2 Å². The molecule has 124 valence electrons. The molecule has 2 amide bonds. The fourth-order valence-electron chi connectivity index (χ4n) is 3.57. The smallest absolute Gasteiger partial charge is 0.254 e. The second-order valence-electron chi connectivity index (χ2n) is 6.95. The van der Waals surface area contributed by atoms with Crippen LogP contribution in [0.25, 0.3) is 0 Å². The molecule has 0 spiro atoms. The van der Waals surface area contributed by atoms with Crippen molar-refractivity contribution in [3.8, 4) is 0 Å². The molecule has 3 rings (SSSR count). The van der Waals surface area contributed by atoms with E-state index in [1.807, 2.05) is 25.1 Å². The highest BCUT2D eigenvalue weighted by Crippen LogP contribution is 2.35. The molecule has 0 unspecified atom stereocenters. The van der Waals surface area contributed by atoms with Crippen LogP contribution in [0.15, 0.2) is 18.2 Å². The highest BCUT2D eigenvalue weighted by Gasteiger charge is 2.38. The second kappa shape index (κ2) is 6.73. The Kier molecular flexibility index (Phi) is 4.69. The average molecular weight is 314 g/mol. The maximum absolute atomic E-state index is 13.1. The van der Waals surface area contributed by atoms with Crippen molar-refractivity contribution >= 4 is 17.5 Å². The van der Waals surface area contributed by atoms with Gasteiger partial charge in [-0.15, -0.1) is 0 Å². The molecule has 1 aromatic carbocycles. The molecule has 2 saturated carbocycles. The molecule has 0 bridgehead atoms. The van der Waals surface area contributed by atoms with E-state index in [0.29, 0.717) is 17.6 Å². The van der Waals surface area contributed by atoms with Crippen molar-refractivity contribution in [3.05, 3.63) is 29.3 Å². The first-order valence-electron chi connectivity index (χ1n) is 8.77. The predicted octanol–water partition coefficient (Wildman–Crippen LogP) is 3.89. The monoisotopic (exact) mass is 314 g/mol. The van der Waals surface area contributed by atoms with Gasteiger partial charge in [-0.2, -0.15) is 0 Å². The largest absolute Gasteiger partial charge is 0.333 e. The highest BCUT2D eigenvalue weighted by molar-refractivity contribution is 5.97. The number of nitrogens with one attached hydrogen (secondary N) is 1. The summed E-state index contributed by atoms with van der Waals surface area (Å²) in [4.78, 5) is 26.6. The van der Waals surface area contributed by atoms with Crippen LogP contribution in [0.3, 0.4) is 0 Å². The van der Waals surface area contributed by atoms with Gasteiger partial charge in [-0.1, -0.05) is 25.3 Å². The topological polar surface area (TPSA) is 49.4 Å². The predicted molar refractivity (Wildman–Crippen MR) is 91.5 cm³/mol. The van der Waals surface area contributed by atoms with Crippen molar-refractivity contribution in [2.75, 3.05) is 5.32 Å². The number of carbonyl (C=O) groups excluding carboxylic acids is 2. The molecule has 4 heteroatoms. The van der Waals surface area contributed by atoms with E-state index in [-0.39, 0.29) is 11.8 Å². The minimum Gasteiger partial charge on any atom is -0.333 e. The molecule has 2 fully saturated rings.